The summed E-state index contributed by atoms with van der Waals surface area (Å²) in [5.41, 5.74) is 7.53. The van der Waals surface area contributed by atoms with Gasteiger partial charge in [-0.3, -0.25) is 4.98 Å². The van der Waals surface area contributed by atoms with Gasteiger partial charge >= 0.3 is 0 Å². The van der Waals surface area contributed by atoms with E-state index in [-0.39, 0.29) is 0 Å². The highest BCUT2D eigenvalue weighted by Gasteiger charge is 2.14. The second kappa shape index (κ2) is 7.00. The second-order valence-electron chi connectivity index (χ2n) is 6.92. The van der Waals surface area contributed by atoms with Crippen molar-refractivity contribution in [3.8, 4) is 22.4 Å². The fourth-order valence-electron chi connectivity index (χ4n) is 3.23. The number of hydrogen-bond donors (Lipinski definition) is 0. The third-order valence-corrected chi connectivity index (χ3v) is 4.50. The summed E-state index contributed by atoms with van der Waals surface area (Å²) in [5, 5.41) is 0. The zero-order valence-corrected chi connectivity index (χ0v) is 15.0. The highest BCUT2D eigenvalue weighted by molar-refractivity contribution is 5.81. The van der Waals surface area contributed by atoms with E-state index < -0.39 is 0 Å². The Kier molecular flexibility index (Phi) is 4.80. The molecule has 0 amide bonds. The van der Waals surface area contributed by atoms with Crippen molar-refractivity contribution in [2.45, 2.75) is 39.5 Å². The minimum Gasteiger partial charge on any atom is -0.256 e. The summed E-state index contributed by atoms with van der Waals surface area (Å²) in [7, 11) is 0. The quantitative estimate of drug-likeness (QED) is 0.524. The molecule has 3 rings (SSSR count). The Morgan fingerprint density at radius 2 is 1.38 bits per heavy atom. The molecule has 0 bridgehead atoms. The number of benzene rings is 2. The lowest BCUT2D eigenvalue weighted by Crippen LogP contribution is -1.99. The monoisotopic (exact) mass is 315 g/mol. The average Bonchev–Trinajstić information content (AvgIpc) is 2.62. The Bertz CT molecular complexity index is 816. The number of rotatable bonds is 4. The molecule has 0 spiro atoms. The molecule has 0 N–H and O–H groups in total. The van der Waals surface area contributed by atoms with Gasteiger partial charge in [-0.2, -0.15) is 0 Å². The van der Waals surface area contributed by atoms with Gasteiger partial charge < -0.3 is 0 Å². The van der Waals surface area contributed by atoms with Gasteiger partial charge in [0.05, 0.1) is 5.69 Å². The van der Waals surface area contributed by atoms with Crippen LogP contribution in [0.1, 0.15) is 50.7 Å². The largest absolute Gasteiger partial charge is 0.256 e. The number of pyridine rings is 1. The Balaban J connectivity index is 2.16. The predicted octanol–water partition coefficient (Wildman–Crippen LogP) is 6.66. The summed E-state index contributed by atoms with van der Waals surface area (Å²) in [5.74, 6) is 1.05. The van der Waals surface area contributed by atoms with E-state index in [0.29, 0.717) is 11.8 Å². The normalized spacial score (nSPS) is 11.2. The standard InChI is InChI=1S/C23H25N/c1-16(2)20-13-12-19(15-22(20)17(3)4)21-11-8-14-24-23(21)18-9-6-5-7-10-18/h5-17H,1-4H3. The molecule has 0 aliphatic carbocycles. The molecular weight excluding hydrogens is 290 g/mol. The van der Waals surface area contributed by atoms with Crippen LogP contribution < -0.4 is 0 Å². The van der Waals surface area contributed by atoms with Crippen molar-refractivity contribution in [1.29, 1.82) is 0 Å². The molecule has 1 nitrogen and oxygen atoms in total. The first-order valence-corrected chi connectivity index (χ1v) is 8.72. The third-order valence-electron chi connectivity index (χ3n) is 4.50. The third kappa shape index (κ3) is 3.26. The van der Waals surface area contributed by atoms with Crippen LogP contribution in [0.3, 0.4) is 0 Å². The maximum atomic E-state index is 4.66. The van der Waals surface area contributed by atoms with Gasteiger partial charge in [0.25, 0.3) is 0 Å². The highest BCUT2D eigenvalue weighted by Crippen LogP contribution is 2.34. The summed E-state index contributed by atoms with van der Waals surface area (Å²) in [6, 6.07) is 21.5. The molecule has 24 heavy (non-hydrogen) atoms. The number of aromatic nitrogens is 1. The molecule has 0 aliphatic heterocycles. The first kappa shape index (κ1) is 16.4. The molecule has 122 valence electrons. The molecule has 0 fully saturated rings. The van der Waals surface area contributed by atoms with E-state index >= 15 is 0 Å². The summed E-state index contributed by atoms with van der Waals surface area (Å²) in [4.78, 5) is 4.66. The molecule has 0 atom stereocenters. The van der Waals surface area contributed by atoms with E-state index in [1.54, 1.807) is 0 Å². The molecule has 1 aromatic heterocycles. The Morgan fingerprint density at radius 3 is 2.04 bits per heavy atom. The van der Waals surface area contributed by atoms with Crippen LogP contribution in [-0.2, 0) is 0 Å². The smallest absolute Gasteiger partial charge is 0.0780 e. The van der Waals surface area contributed by atoms with Crippen LogP contribution in [-0.4, -0.2) is 4.98 Å². The maximum absolute atomic E-state index is 4.66. The molecule has 2 aromatic carbocycles. The van der Waals surface area contributed by atoms with Crippen molar-refractivity contribution >= 4 is 0 Å². The first-order valence-electron chi connectivity index (χ1n) is 8.72. The summed E-state index contributed by atoms with van der Waals surface area (Å²) >= 11 is 0. The molecule has 0 saturated carbocycles. The Hall–Kier alpha value is -2.41. The zero-order valence-electron chi connectivity index (χ0n) is 15.0. The summed E-state index contributed by atoms with van der Waals surface area (Å²) in [6.07, 6.45) is 1.87. The molecular formula is C23H25N. The van der Waals surface area contributed by atoms with Gasteiger partial charge in [-0.05, 0) is 34.6 Å². The maximum Gasteiger partial charge on any atom is 0.0780 e. The van der Waals surface area contributed by atoms with Gasteiger partial charge in [0, 0.05) is 17.3 Å². The van der Waals surface area contributed by atoms with Crippen molar-refractivity contribution in [2.75, 3.05) is 0 Å². The highest BCUT2D eigenvalue weighted by atomic mass is 14.7. The van der Waals surface area contributed by atoms with Crippen molar-refractivity contribution < 1.29 is 0 Å². The van der Waals surface area contributed by atoms with Crippen molar-refractivity contribution in [2.24, 2.45) is 0 Å². The predicted molar refractivity (Wildman–Crippen MR) is 103 cm³/mol. The van der Waals surface area contributed by atoms with E-state index in [1.165, 1.54) is 22.3 Å². The fraction of sp³-hybridized carbons (Fsp3) is 0.261. The van der Waals surface area contributed by atoms with Crippen LogP contribution in [0, 0.1) is 0 Å². The van der Waals surface area contributed by atoms with Gasteiger partial charge in [0.1, 0.15) is 0 Å². The van der Waals surface area contributed by atoms with E-state index in [9.17, 15) is 0 Å². The van der Waals surface area contributed by atoms with Crippen molar-refractivity contribution in [3.63, 3.8) is 0 Å². The van der Waals surface area contributed by atoms with Gasteiger partial charge in [-0.1, -0.05) is 82.3 Å². The molecule has 0 saturated heterocycles. The van der Waals surface area contributed by atoms with E-state index in [2.05, 4.69) is 81.2 Å². The van der Waals surface area contributed by atoms with Gasteiger partial charge in [0.15, 0.2) is 0 Å². The van der Waals surface area contributed by atoms with Crippen molar-refractivity contribution in [1.82, 2.24) is 4.98 Å². The summed E-state index contributed by atoms with van der Waals surface area (Å²) < 4.78 is 0. The molecule has 0 unspecified atom stereocenters. The van der Waals surface area contributed by atoms with E-state index in [0.717, 1.165) is 11.3 Å². The Morgan fingerprint density at radius 1 is 0.667 bits per heavy atom. The van der Waals surface area contributed by atoms with E-state index in [4.69, 9.17) is 0 Å². The van der Waals surface area contributed by atoms with Gasteiger partial charge in [-0.15, -0.1) is 0 Å². The minimum atomic E-state index is 0.513. The molecule has 1 heteroatoms. The number of nitrogens with zero attached hydrogens (tertiary/aromatic N) is 1. The molecule has 0 aliphatic rings. The van der Waals surface area contributed by atoms with Crippen LogP contribution in [0.5, 0.6) is 0 Å². The van der Waals surface area contributed by atoms with Crippen LogP contribution in [0.25, 0.3) is 22.4 Å². The zero-order chi connectivity index (χ0) is 17.1. The lowest BCUT2D eigenvalue weighted by molar-refractivity contribution is 0.791. The Labute approximate surface area is 145 Å². The van der Waals surface area contributed by atoms with E-state index in [1.807, 2.05) is 18.3 Å². The van der Waals surface area contributed by atoms with Crippen LogP contribution >= 0.6 is 0 Å². The van der Waals surface area contributed by atoms with Gasteiger partial charge in [0.2, 0.25) is 0 Å². The van der Waals surface area contributed by atoms with Crippen molar-refractivity contribution in [3.05, 3.63) is 78.0 Å². The van der Waals surface area contributed by atoms with Crippen LogP contribution in [0.4, 0.5) is 0 Å². The average molecular weight is 315 g/mol. The SMILES string of the molecule is CC(C)c1ccc(-c2cccnc2-c2ccccc2)cc1C(C)C. The lowest BCUT2D eigenvalue weighted by Gasteiger charge is -2.18. The second-order valence-corrected chi connectivity index (χ2v) is 6.92. The van der Waals surface area contributed by atoms with Gasteiger partial charge in [-0.25, -0.2) is 0 Å². The van der Waals surface area contributed by atoms with Crippen LogP contribution in [0.15, 0.2) is 66.9 Å². The molecule has 1 heterocycles. The first-order chi connectivity index (χ1) is 11.6. The molecule has 0 radical (unpaired) electrons. The lowest BCUT2D eigenvalue weighted by atomic mass is 9.87. The molecule has 3 aromatic rings. The number of hydrogen-bond acceptors (Lipinski definition) is 1. The topological polar surface area (TPSA) is 12.9 Å². The minimum absolute atomic E-state index is 0.513. The van der Waals surface area contributed by atoms with Crippen LogP contribution in [0.2, 0.25) is 0 Å². The summed E-state index contributed by atoms with van der Waals surface area (Å²) in [6.45, 7) is 9.07. The fourth-order valence-corrected chi connectivity index (χ4v) is 3.23.